The van der Waals surface area contributed by atoms with Gasteiger partial charge in [-0.25, -0.2) is 0 Å². The van der Waals surface area contributed by atoms with Crippen molar-refractivity contribution in [2.24, 2.45) is 28.4 Å². The average Bonchev–Trinajstić information content (AvgIpc) is 2.55. The molecule has 1 heteroatoms. The molecule has 1 nitrogen and oxygen atoms in total. The van der Waals surface area contributed by atoms with E-state index in [1.54, 1.807) is 5.57 Å². The molecule has 0 aromatic heterocycles. The smallest absolute Gasteiger partial charge is 0.0274 e. The van der Waals surface area contributed by atoms with E-state index in [0.717, 1.165) is 11.8 Å². The van der Waals surface area contributed by atoms with Crippen molar-refractivity contribution in [3.8, 4) is 0 Å². The summed E-state index contributed by atoms with van der Waals surface area (Å²) in [5.74, 6) is 1.54. The Morgan fingerprint density at radius 3 is 2.75 bits per heavy atom. The Kier molecular flexibility index (Phi) is 1.86. The number of allylic oxidation sites excluding steroid dienone is 2. The third-order valence-corrected chi connectivity index (χ3v) is 6.73. The van der Waals surface area contributed by atoms with E-state index in [0.29, 0.717) is 5.41 Å². The van der Waals surface area contributed by atoms with Crippen LogP contribution in [-0.2, 0) is 0 Å². The van der Waals surface area contributed by atoms with Gasteiger partial charge in [0, 0.05) is 5.54 Å². The highest BCUT2D eigenvalue weighted by molar-refractivity contribution is 5.32. The Balaban J connectivity index is 2.19. The molecule has 0 aromatic carbocycles. The summed E-state index contributed by atoms with van der Waals surface area (Å²) < 4.78 is 0. The van der Waals surface area contributed by atoms with E-state index in [9.17, 15) is 0 Å². The van der Waals surface area contributed by atoms with Crippen LogP contribution in [0.25, 0.3) is 0 Å². The monoisotopic (exact) mass is 219 g/mol. The van der Waals surface area contributed by atoms with Crippen LogP contribution in [0.4, 0.5) is 0 Å². The van der Waals surface area contributed by atoms with Crippen molar-refractivity contribution in [1.82, 2.24) is 0 Å². The summed E-state index contributed by atoms with van der Waals surface area (Å²) in [6.07, 6.45) is 7.64. The van der Waals surface area contributed by atoms with Crippen LogP contribution in [0, 0.1) is 22.7 Å². The quantitative estimate of drug-likeness (QED) is 0.620. The molecule has 0 aliphatic heterocycles. The van der Waals surface area contributed by atoms with Crippen LogP contribution in [-0.4, -0.2) is 5.54 Å². The van der Waals surface area contributed by atoms with Crippen molar-refractivity contribution in [2.45, 2.75) is 58.9 Å². The maximum absolute atomic E-state index is 6.94. The lowest BCUT2D eigenvalue weighted by atomic mass is 9.63. The molecule has 90 valence electrons. The number of hydrogen-bond donors (Lipinski definition) is 1. The molecule has 2 N–H and O–H groups in total. The molecule has 4 atom stereocenters. The van der Waals surface area contributed by atoms with E-state index < -0.39 is 0 Å². The fourth-order valence-corrected chi connectivity index (χ4v) is 5.37. The van der Waals surface area contributed by atoms with E-state index >= 15 is 0 Å². The second-order valence-corrected chi connectivity index (χ2v) is 7.20. The highest BCUT2D eigenvalue weighted by atomic mass is 14.9. The standard InChI is InChI=1S/C15H25N/c1-10-5-7-14-9-12(10)13(3,4)15(14,16)8-6-11(14)2/h5,11-12H,6-9,16H2,1-4H3/t11-,12+,14+,15-/m1/s1. The van der Waals surface area contributed by atoms with E-state index in [1.807, 2.05) is 0 Å². The molecule has 16 heavy (non-hydrogen) atoms. The molecule has 3 rings (SSSR count). The van der Waals surface area contributed by atoms with Gasteiger partial charge < -0.3 is 5.73 Å². The van der Waals surface area contributed by atoms with Gasteiger partial charge in [0.1, 0.15) is 0 Å². The normalized spacial score (nSPS) is 53.7. The number of rotatable bonds is 0. The van der Waals surface area contributed by atoms with Crippen LogP contribution in [0.2, 0.25) is 0 Å². The lowest BCUT2D eigenvalue weighted by molar-refractivity contribution is 0.0876. The summed E-state index contributed by atoms with van der Waals surface area (Å²) in [7, 11) is 0. The molecule has 2 fully saturated rings. The summed E-state index contributed by atoms with van der Waals surface area (Å²) in [4.78, 5) is 0. The minimum absolute atomic E-state index is 0.0817. The summed E-state index contributed by atoms with van der Waals surface area (Å²) in [5, 5.41) is 0. The minimum Gasteiger partial charge on any atom is -0.324 e. The fraction of sp³-hybridized carbons (Fsp3) is 0.867. The van der Waals surface area contributed by atoms with Crippen molar-refractivity contribution in [3.05, 3.63) is 11.6 Å². The maximum atomic E-state index is 6.94. The minimum atomic E-state index is 0.0817. The lowest BCUT2D eigenvalue weighted by Gasteiger charge is -2.46. The molecule has 1 spiro atoms. The zero-order chi connectivity index (χ0) is 11.8. The zero-order valence-electron chi connectivity index (χ0n) is 11.1. The Hall–Kier alpha value is -0.300. The third-order valence-electron chi connectivity index (χ3n) is 6.73. The summed E-state index contributed by atoms with van der Waals surface area (Å²) in [6, 6.07) is 0. The maximum Gasteiger partial charge on any atom is 0.0274 e. The van der Waals surface area contributed by atoms with Crippen LogP contribution in [0.15, 0.2) is 11.6 Å². The molecule has 0 heterocycles. The van der Waals surface area contributed by atoms with Gasteiger partial charge in [0.05, 0.1) is 0 Å². The van der Waals surface area contributed by atoms with Crippen LogP contribution in [0.3, 0.4) is 0 Å². The topological polar surface area (TPSA) is 26.0 Å². The molecule has 0 saturated heterocycles. The second kappa shape index (κ2) is 2.75. The highest BCUT2D eigenvalue weighted by Crippen LogP contribution is 2.72. The predicted octanol–water partition coefficient (Wildman–Crippen LogP) is 3.50. The van der Waals surface area contributed by atoms with Crippen molar-refractivity contribution in [2.75, 3.05) is 0 Å². The average molecular weight is 219 g/mol. The fourth-order valence-electron chi connectivity index (χ4n) is 5.37. The Bertz CT molecular complexity index is 368. The van der Waals surface area contributed by atoms with Crippen molar-refractivity contribution >= 4 is 0 Å². The second-order valence-electron chi connectivity index (χ2n) is 7.20. The summed E-state index contributed by atoms with van der Waals surface area (Å²) in [5.41, 5.74) is 9.32. The van der Waals surface area contributed by atoms with Gasteiger partial charge in [-0.05, 0) is 55.3 Å². The van der Waals surface area contributed by atoms with Gasteiger partial charge in [-0.3, -0.25) is 0 Å². The number of nitrogens with two attached hydrogens (primary N) is 1. The molecule has 0 aromatic rings. The molecule has 3 aliphatic carbocycles. The number of fused-ring (bicyclic) bond motifs is 1. The van der Waals surface area contributed by atoms with Gasteiger partial charge in [0.15, 0.2) is 0 Å². The summed E-state index contributed by atoms with van der Waals surface area (Å²) >= 11 is 0. The van der Waals surface area contributed by atoms with Crippen molar-refractivity contribution in [3.63, 3.8) is 0 Å². The molecule has 0 radical (unpaired) electrons. The molecular weight excluding hydrogens is 194 g/mol. The molecule has 2 bridgehead atoms. The zero-order valence-corrected chi connectivity index (χ0v) is 11.1. The predicted molar refractivity (Wildman–Crippen MR) is 68.0 cm³/mol. The first-order valence-corrected chi connectivity index (χ1v) is 6.81. The molecule has 2 saturated carbocycles. The Labute approximate surface area is 99.5 Å². The molecular formula is C15H25N. The Morgan fingerprint density at radius 1 is 1.38 bits per heavy atom. The van der Waals surface area contributed by atoms with Gasteiger partial charge >= 0.3 is 0 Å². The van der Waals surface area contributed by atoms with Crippen LogP contribution in [0.1, 0.15) is 53.4 Å². The lowest BCUT2D eigenvalue weighted by Crippen LogP contribution is -2.57. The highest BCUT2D eigenvalue weighted by Gasteiger charge is 2.70. The van der Waals surface area contributed by atoms with Crippen LogP contribution >= 0.6 is 0 Å². The Morgan fingerprint density at radius 2 is 2.06 bits per heavy atom. The first kappa shape index (κ1) is 10.8. The largest absolute Gasteiger partial charge is 0.324 e. The van der Waals surface area contributed by atoms with Crippen molar-refractivity contribution in [1.29, 1.82) is 0 Å². The molecule has 0 amide bonds. The SMILES string of the molecule is CC1=CC[C@@]23C[C@@H]1C(C)(C)[C@]2(N)CC[C@H]3C. The van der Waals surface area contributed by atoms with Gasteiger partial charge in [-0.15, -0.1) is 0 Å². The van der Waals surface area contributed by atoms with E-state index in [4.69, 9.17) is 5.73 Å². The van der Waals surface area contributed by atoms with E-state index in [-0.39, 0.29) is 11.0 Å². The van der Waals surface area contributed by atoms with Gasteiger partial charge in [-0.1, -0.05) is 32.4 Å². The van der Waals surface area contributed by atoms with Crippen LogP contribution in [0.5, 0.6) is 0 Å². The molecule has 3 aliphatic rings. The van der Waals surface area contributed by atoms with Crippen molar-refractivity contribution < 1.29 is 0 Å². The summed E-state index contributed by atoms with van der Waals surface area (Å²) in [6.45, 7) is 9.58. The number of hydrogen-bond acceptors (Lipinski definition) is 1. The van der Waals surface area contributed by atoms with Gasteiger partial charge in [-0.2, -0.15) is 0 Å². The van der Waals surface area contributed by atoms with E-state index in [1.165, 1.54) is 25.7 Å². The van der Waals surface area contributed by atoms with Gasteiger partial charge in [0.25, 0.3) is 0 Å². The molecule has 0 unspecified atom stereocenters. The first-order chi connectivity index (χ1) is 7.35. The first-order valence-electron chi connectivity index (χ1n) is 6.81. The van der Waals surface area contributed by atoms with E-state index in [2.05, 4.69) is 33.8 Å². The van der Waals surface area contributed by atoms with Gasteiger partial charge in [0.2, 0.25) is 0 Å². The third kappa shape index (κ3) is 0.860. The van der Waals surface area contributed by atoms with Crippen LogP contribution < -0.4 is 5.73 Å².